The lowest BCUT2D eigenvalue weighted by molar-refractivity contribution is 0.0283. The molecule has 1 atom stereocenters. The predicted molar refractivity (Wildman–Crippen MR) is 123 cm³/mol. The second-order valence-corrected chi connectivity index (χ2v) is 7.28. The highest BCUT2D eigenvalue weighted by Crippen LogP contribution is 2.25. The van der Waals surface area contributed by atoms with Gasteiger partial charge in [-0.05, 0) is 45.7 Å². The number of nitrogens with one attached hydrogen (secondary N) is 2. The fourth-order valence-electron chi connectivity index (χ4n) is 3.11. The molecule has 2 heterocycles. The Morgan fingerprint density at radius 1 is 1.25 bits per heavy atom. The average molecular weight is 498 g/mol. The molecule has 1 aliphatic heterocycles. The number of hydrogen-bond acceptors (Lipinski definition) is 4. The number of nitrogens with zero attached hydrogens (tertiary/aromatic N) is 2. The summed E-state index contributed by atoms with van der Waals surface area (Å²) in [4.78, 5) is 9.27. The van der Waals surface area contributed by atoms with Crippen molar-refractivity contribution in [2.75, 3.05) is 26.2 Å². The monoisotopic (exact) mass is 498 g/mol. The lowest BCUT2D eigenvalue weighted by Crippen LogP contribution is -2.40. The molecule has 1 saturated heterocycles. The van der Waals surface area contributed by atoms with E-state index < -0.39 is 0 Å². The van der Waals surface area contributed by atoms with Crippen molar-refractivity contribution in [2.45, 2.75) is 45.6 Å². The zero-order chi connectivity index (χ0) is 19.1. The van der Waals surface area contributed by atoms with Crippen LogP contribution in [0, 0.1) is 6.92 Å². The minimum Gasteiger partial charge on any atom is -0.444 e. The number of aliphatic imine (C=N–C) groups is 1. The average Bonchev–Trinajstić information content (AvgIpc) is 3.30. The molecule has 0 bridgehead atoms. The minimum absolute atomic E-state index is 0. The summed E-state index contributed by atoms with van der Waals surface area (Å²) in [7, 11) is 0. The summed E-state index contributed by atoms with van der Waals surface area (Å²) >= 11 is 0. The molecule has 1 fully saturated rings. The first-order valence-corrected chi connectivity index (χ1v) is 9.75. The summed E-state index contributed by atoms with van der Waals surface area (Å²) in [5.41, 5.74) is 3.03. The quantitative estimate of drug-likeness (QED) is 0.344. The molecule has 0 radical (unpaired) electrons. The van der Waals surface area contributed by atoms with Crippen molar-refractivity contribution in [1.82, 2.24) is 15.6 Å². The Hall–Kier alpha value is -1.61. The van der Waals surface area contributed by atoms with E-state index in [0.29, 0.717) is 12.4 Å². The third-order valence-electron chi connectivity index (χ3n) is 4.74. The first-order valence-electron chi connectivity index (χ1n) is 9.75. The molecule has 0 spiro atoms. The molecule has 1 unspecified atom stereocenters. The predicted octanol–water partition coefficient (Wildman–Crippen LogP) is 3.93. The van der Waals surface area contributed by atoms with Crippen LogP contribution in [-0.4, -0.2) is 42.8 Å². The van der Waals surface area contributed by atoms with Crippen molar-refractivity contribution in [1.29, 1.82) is 0 Å². The highest BCUT2D eigenvalue weighted by atomic mass is 127. The number of benzene rings is 1. The van der Waals surface area contributed by atoms with Gasteiger partial charge in [0.05, 0.1) is 17.8 Å². The second-order valence-electron chi connectivity index (χ2n) is 7.28. The van der Waals surface area contributed by atoms with Gasteiger partial charge in [0.1, 0.15) is 6.26 Å². The van der Waals surface area contributed by atoms with Gasteiger partial charge in [-0.3, -0.25) is 4.99 Å². The van der Waals surface area contributed by atoms with Crippen LogP contribution in [0.25, 0.3) is 11.5 Å². The van der Waals surface area contributed by atoms with Gasteiger partial charge in [-0.2, -0.15) is 0 Å². The van der Waals surface area contributed by atoms with E-state index >= 15 is 0 Å². The Morgan fingerprint density at radius 2 is 2.04 bits per heavy atom. The van der Waals surface area contributed by atoms with Crippen molar-refractivity contribution in [3.63, 3.8) is 0 Å². The van der Waals surface area contributed by atoms with Gasteiger partial charge in [0.15, 0.2) is 5.96 Å². The van der Waals surface area contributed by atoms with Crippen molar-refractivity contribution >= 4 is 29.9 Å². The van der Waals surface area contributed by atoms with Crippen molar-refractivity contribution in [3.8, 4) is 11.5 Å². The lowest BCUT2D eigenvalue weighted by Gasteiger charge is -2.21. The molecule has 7 heteroatoms. The van der Waals surface area contributed by atoms with Gasteiger partial charge >= 0.3 is 0 Å². The van der Waals surface area contributed by atoms with Gasteiger partial charge in [-0.25, -0.2) is 4.98 Å². The molecule has 1 aromatic heterocycles. The topological polar surface area (TPSA) is 71.7 Å². The van der Waals surface area contributed by atoms with Crippen LogP contribution in [0.3, 0.4) is 0 Å². The minimum atomic E-state index is -0.128. The Morgan fingerprint density at radius 3 is 2.71 bits per heavy atom. The van der Waals surface area contributed by atoms with Gasteiger partial charge < -0.3 is 19.8 Å². The third-order valence-corrected chi connectivity index (χ3v) is 4.74. The Bertz CT molecular complexity index is 752. The number of guanidine groups is 1. The largest absolute Gasteiger partial charge is 0.444 e. The van der Waals surface area contributed by atoms with E-state index in [4.69, 9.17) is 9.15 Å². The summed E-state index contributed by atoms with van der Waals surface area (Å²) in [5, 5.41) is 6.65. The van der Waals surface area contributed by atoms with Crippen LogP contribution in [0.15, 0.2) is 39.9 Å². The fourth-order valence-corrected chi connectivity index (χ4v) is 3.11. The Balaban J connectivity index is 0.00000280. The van der Waals surface area contributed by atoms with E-state index in [9.17, 15) is 0 Å². The van der Waals surface area contributed by atoms with Crippen LogP contribution >= 0.6 is 24.0 Å². The number of halogens is 1. The van der Waals surface area contributed by atoms with E-state index in [0.717, 1.165) is 56.2 Å². The molecule has 154 valence electrons. The fraction of sp³-hybridized carbons (Fsp3) is 0.524. The maximum atomic E-state index is 5.81. The molecule has 6 nitrogen and oxygen atoms in total. The second kappa shape index (κ2) is 10.8. The lowest BCUT2D eigenvalue weighted by atomic mass is 10.0. The van der Waals surface area contributed by atoms with E-state index in [1.54, 1.807) is 6.26 Å². The maximum Gasteiger partial charge on any atom is 0.226 e. The van der Waals surface area contributed by atoms with Gasteiger partial charge in [0, 0.05) is 31.7 Å². The highest BCUT2D eigenvalue weighted by Gasteiger charge is 2.29. The zero-order valence-corrected chi connectivity index (χ0v) is 19.3. The van der Waals surface area contributed by atoms with Crippen LogP contribution in [0.1, 0.15) is 37.9 Å². The molecule has 2 aromatic rings. The van der Waals surface area contributed by atoms with Gasteiger partial charge in [0.25, 0.3) is 0 Å². The highest BCUT2D eigenvalue weighted by molar-refractivity contribution is 14.0. The molecule has 28 heavy (non-hydrogen) atoms. The molecule has 3 rings (SSSR count). The van der Waals surface area contributed by atoms with Gasteiger partial charge in [0.2, 0.25) is 5.89 Å². The SMILES string of the molecule is CCNC(=NCC1(C)CCCO1)NCCc1coc(-c2ccc(C)cc2)n1.I. The smallest absolute Gasteiger partial charge is 0.226 e. The van der Waals surface area contributed by atoms with Crippen LogP contribution in [0.4, 0.5) is 0 Å². The number of aryl methyl sites for hydroxylation is 1. The first-order chi connectivity index (χ1) is 13.1. The van der Waals surface area contributed by atoms with E-state index in [1.165, 1.54) is 5.56 Å². The summed E-state index contributed by atoms with van der Waals surface area (Å²) in [5.74, 6) is 1.48. The molecule has 0 aliphatic carbocycles. The van der Waals surface area contributed by atoms with E-state index in [1.807, 2.05) is 12.1 Å². The third kappa shape index (κ3) is 6.48. The standard InChI is InChI=1S/C21H30N4O2.HI/c1-4-22-20(24-15-21(3)11-5-13-27-21)23-12-10-18-14-26-19(25-18)17-8-6-16(2)7-9-17;/h6-9,14H,4-5,10-13,15H2,1-3H3,(H2,22,23,24);1H. The number of oxazole rings is 1. The Kier molecular flexibility index (Phi) is 8.75. The first kappa shape index (κ1) is 22.7. The number of ether oxygens (including phenoxy) is 1. The summed E-state index contributed by atoms with van der Waals surface area (Å²) < 4.78 is 11.4. The van der Waals surface area contributed by atoms with Crippen LogP contribution in [0.5, 0.6) is 0 Å². The molecule has 0 saturated carbocycles. The van der Waals surface area contributed by atoms with Crippen LogP contribution in [-0.2, 0) is 11.2 Å². The zero-order valence-electron chi connectivity index (χ0n) is 17.0. The number of aromatic nitrogens is 1. The number of rotatable bonds is 7. The van der Waals surface area contributed by atoms with E-state index in [2.05, 4.69) is 53.5 Å². The summed E-state index contributed by atoms with van der Waals surface area (Å²) in [6.07, 6.45) is 4.68. The van der Waals surface area contributed by atoms with Crippen molar-refractivity contribution < 1.29 is 9.15 Å². The normalized spacial score (nSPS) is 19.3. The van der Waals surface area contributed by atoms with Crippen molar-refractivity contribution in [3.05, 3.63) is 41.8 Å². The molecule has 1 aliphatic rings. The maximum absolute atomic E-state index is 5.81. The summed E-state index contributed by atoms with van der Waals surface area (Å²) in [6, 6.07) is 8.19. The molecule has 0 amide bonds. The molecular weight excluding hydrogens is 467 g/mol. The van der Waals surface area contributed by atoms with Gasteiger partial charge in [-0.15, -0.1) is 24.0 Å². The molecular formula is C21H31IN4O2. The molecule has 2 N–H and O–H groups in total. The van der Waals surface area contributed by atoms with Crippen molar-refractivity contribution in [2.24, 2.45) is 4.99 Å². The van der Waals surface area contributed by atoms with Gasteiger partial charge in [-0.1, -0.05) is 17.7 Å². The number of hydrogen-bond donors (Lipinski definition) is 2. The summed E-state index contributed by atoms with van der Waals surface area (Å²) in [6.45, 7) is 9.34. The van der Waals surface area contributed by atoms with E-state index in [-0.39, 0.29) is 29.6 Å². The molecule has 1 aromatic carbocycles. The van der Waals surface area contributed by atoms with Crippen LogP contribution < -0.4 is 10.6 Å². The Labute approximate surface area is 184 Å². The van der Waals surface area contributed by atoms with Crippen LogP contribution in [0.2, 0.25) is 0 Å².